The van der Waals surface area contributed by atoms with Crippen molar-refractivity contribution in [3.8, 4) is 11.4 Å². The lowest BCUT2D eigenvalue weighted by atomic mass is 10.1. The van der Waals surface area contributed by atoms with Gasteiger partial charge in [-0.2, -0.15) is 0 Å². The minimum Gasteiger partial charge on any atom is -0.309 e. The fourth-order valence-electron chi connectivity index (χ4n) is 9.89. The van der Waals surface area contributed by atoms with Crippen molar-refractivity contribution in [2.45, 2.75) is 0 Å². The summed E-state index contributed by atoms with van der Waals surface area (Å²) in [5, 5.41) is 13.1. The topological polar surface area (TPSA) is 9.86 Å². The van der Waals surface area contributed by atoms with E-state index in [1.165, 1.54) is 90.2 Å². The van der Waals surface area contributed by atoms with Crippen LogP contribution >= 0.6 is 11.3 Å². The summed E-state index contributed by atoms with van der Waals surface area (Å²) in [5.74, 6) is 0. The van der Waals surface area contributed by atoms with Gasteiger partial charge >= 0.3 is 0 Å². The molecule has 0 N–H and O–H groups in total. The monoisotopic (exact) mass is 772 g/mol. The normalized spacial score (nSPS) is 12.1. The largest absolute Gasteiger partial charge is 0.309 e. The van der Waals surface area contributed by atoms with Crippen LogP contribution < -0.4 is 20.7 Å². The molecule has 0 atom stereocenters. The van der Waals surface area contributed by atoms with E-state index in [-0.39, 0.29) is 0 Å². The van der Waals surface area contributed by atoms with Crippen LogP contribution in [0.1, 0.15) is 0 Å². The van der Waals surface area contributed by atoms with Crippen molar-refractivity contribution in [3.05, 3.63) is 218 Å². The average Bonchev–Trinajstić information content (AvgIpc) is 3.96. The maximum atomic E-state index is 2.54. The second-order valence-electron chi connectivity index (χ2n) is 15.2. The van der Waals surface area contributed by atoms with Gasteiger partial charge in [-0.05, 0) is 63.2 Å². The SMILES string of the molecule is c1ccc(-n2c3ccccc3c3cccc([Si](c4ccccc4)(c4ccccc4)c4cccc(-n5c6ccccc6c6ccc7c8ccccc8sc7c65)c4)c32)cc1. The van der Waals surface area contributed by atoms with Gasteiger partial charge in [0.25, 0.3) is 0 Å². The minimum absolute atomic E-state index is 1.16. The molecule has 0 aliphatic rings. The Labute approximate surface area is 341 Å². The summed E-state index contributed by atoms with van der Waals surface area (Å²) >= 11 is 1.90. The maximum absolute atomic E-state index is 3.08. The molecule has 9 aromatic carbocycles. The fourth-order valence-corrected chi connectivity index (χ4v) is 16.1. The third-order valence-corrected chi connectivity index (χ3v) is 18.2. The zero-order valence-electron chi connectivity index (χ0n) is 31.6. The van der Waals surface area contributed by atoms with Gasteiger partial charge in [-0.1, -0.05) is 176 Å². The number of hydrogen-bond donors (Lipinski definition) is 0. The van der Waals surface area contributed by atoms with Crippen LogP contribution in [0.3, 0.4) is 0 Å². The molecule has 0 saturated heterocycles. The quantitative estimate of drug-likeness (QED) is 0.118. The molecule has 3 heterocycles. The summed E-state index contributed by atoms with van der Waals surface area (Å²) in [6.45, 7) is 0. The number of thiophene rings is 1. The van der Waals surface area contributed by atoms with Gasteiger partial charge in [-0.3, -0.25) is 0 Å². The Hall–Kier alpha value is -6.98. The summed E-state index contributed by atoms with van der Waals surface area (Å²) in [5.41, 5.74) is 7.31. The Bertz CT molecular complexity index is 3470. The van der Waals surface area contributed by atoms with Crippen molar-refractivity contribution >= 4 is 104 Å². The molecular formula is C54H36N2SSi. The van der Waals surface area contributed by atoms with E-state index in [0.29, 0.717) is 0 Å². The molecule has 58 heavy (non-hydrogen) atoms. The molecule has 12 rings (SSSR count). The van der Waals surface area contributed by atoms with E-state index in [1.807, 2.05) is 11.3 Å². The van der Waals surface area contributed by atoms with Gasteiger partial charge in [0.15, 0.2) is 8.07 Å². The van der Waals surface area contributed by atoms with Crippen molar-refractivity contribution in [1.82, 2.24) is 9.13 Å². The van der Waals surface area contributed by atoms with E-state index in [4.69, 9.17) is 0 Å². The molecule has 0 aliphatic heterocycles. The van der Waals surface area contributed by atoms with E-state index in [2.05, 4.69) is 228 Å². The maximum Gasteiger partial charge on any atom is 0.181 e. The molecule has 0 saturated carbocycles. The molecule has 12 aromatic rings. The number of aromatic nitrogens is 2. The molecule has 0 fully saturated rings. The van der Waals surface area contributed by atoms with Gasteiger partial charge in [0.05, 0.1) is 26.8 Å². The van der Waals surface area contributed by atoms with Crippen LogP contribution in [0.25, 0.3) is 75.2 Å². The average molecular weight is 773 g/mol. The summed E-state index contributed by atoms with van der Waals surface area (Å²) in [6.07, 6.45) is 0. The Kier molecular flexibility index (Phi) is 7.46. The lowest BCUT2D eigenvalue weighted by Gasteiger charge is -2.35. The van der Waals surface area contributed by atoms with E-state index >= 15 is 0 Å². The predicted molar refractivity (Wildman–Crippen MR) is 252 cm³/mol. The first-order valence-corrected chi connectivity index (χ1v) is 22.8. The van der Waals surface area contributed by atoms with Crippen LogP contribution in [0.4, 0.5) is 0 Å². The third kappa shape index (κ3) is 4.70. The Morgan fingerprint density at radius 2 is 0.810 bits per heavy atom. The first kappa shape index (κ1) is 33.2. The van der Waals surface area contributed by atoms with Crippen LogP contribution in [0.15, 0.2) is 218 Å². The van der Waals surface area contributed by atoms with Crippen LogP contribution in [0.2, 0.25) is 0 Å². The highest BCUT2D eigenvalue weighted by Gasteiger charge is 2.44. The second-order valence-corrected chi connectivity index (χ2v) is 20.0. The highest BCUT2D eigenvalue weighted by atomic mass is 32.1. The van der Waals surface area contributed by atoms with E-state index in [0.717, 1.165) is 5.69 Å². The van der Waals surface area contributed by atoms with Crippen molar-refractivity contribution in [2.24, 2.45) is 0 Å². The molecule has 0 unspecified atom stereocenters. The van der Waals surface area contributed by atoms with Gasteiger partial charge in [0, 0.05) is 48.4 Å². The molecule has 272 valence electrons. The molecule has 0 spiro atoms. The number of hydrogen-bond acceptors (Lipinski definition) is 1. The molecule has 0 aliphatic carbocycles. The van der Waals surface area contributed by atoms with Gasteiger partial charge in [-0.25, -0.2) is 0 Å². The summed E-state index contributed by atoms with van der Waals surface area (Å²) in [6, 6.07) is 81.6. The molecule has 2 nitrogen and oxygen atoms in total. The smallest absolute Gasteiger partial charge is 0.181 e. The van der Waals surface area contributed by atoms with Crippen molar-refractivity contribution in [3.63, 3.8) is 0 Å². The van der Waals surface area contributed by atoms with E-state index in [1.54, 1.807) is 0 Å². The number of fused-ring (bicyclic) bond motifs is 10. The van der Waals surface area contributed by atoms with Gasteiger partial charge in [0.1, 0.15) is 0 Å². The molecule has 0 bridgehead atoms. The fraction of sp³-hybridized carbons (Fsp3) is 0. The number of rotatable bonds is 6. The summed E-state index contributed by atoms with van der Waals surface area (Å²) in [7, 11) is -3.08. The van der Waals surface area contributed by atoms with Crippen LogP contribution in [0.5, 0.6) is 0 Å². The highest BCUT2D eigenvalue weighted by Crippen LogP contribution is 2.43. The Morgan fingerprint density at radius 1 is 0.328 bits per heavy atom. The van der Waals surface area contributed by atoms with Crippen LogP contribution in [-0.4, -0.2) is 17.2 Å². The first-order chi connectivity index (χ1) is 28.8. The number of benzene rings is 9. The Balaban J connectivity index is 1.24. The van der Waals surface area contributed by atoms with Crippen molar-refractivity contribution in [2.75, 3.05) is 0 Å². The molecule has 3 aromatic heterocycles. The summed E-state index contributed by atoms with van der Waals surface area (Å²) in [4.78, 5) is 0. The zero-order chi connectivity index (χ0) is 38.2. The van der Waals surface area contributed by atoms with Gasteiger partial charge < -0.3 is 9.13 Å². The van der Waals surface area contributed by atoms with E-state index < -0.39 is 8.07 Å². The third-order valence-electron chi connectivity index (χ3n) is 12.2. The van der Waals surface area contributed by atoms with Crippen molar-refractivity contribution < 1.29 is 0 Å². The van der Waals surface area contributed by atoms with Crippen molar-refractivity contribution in [1.29, 1.82) is 0 Å². The van der Waals surface area contributed by atoms with Crippen LogP contribution in [0, 0.1) is 0 Å². The number of nitrogens with zero attached hydrogens (tertiary/aromatic N) is 2. The van der Waals surface area contributed by atoms with Gasteiger partial charge in [0.2, 0.25) is 0 Å². The number of para-hydroxylation sites is 4. The molecule has 0 radical (unpaired) electrons. The first-order valence-electron chi connectivity index (χ1n) is 19.9. The molecular weight excluding hydrogens is 737 g/mol. The standard InChI is InChI=1S/C54H36N2SSi/c1-4-18-37(19-5-1)55-48-30-13-10-26-42(48)45-29-17-33-51(52(45)55)58(39-21-6-2-7-22-39,40-23-8-3-9-24-40)41-25-16-20-38(36-41)56-49-31-14-11-27-43(49)46-34-35-47-44-28-12-15-32-50(44)57-54(47)53(46)56/h1-36H. The van der Waals surface area contributed by atoms with E-state index in [9.17, 15) is 0 Å². The van der Waals surface area contributed by atoms with Gasteiger partial charge in [-0.15, -0.1) is 11.3 Å². The molecule has 4 heteroatoms. The lowest BCUT2D eigenvalue weighted by molar-refractivity contribution is 1.18. The summed E-state index contributed by atoms with van der Waals surface area (Å²) < 4.78 is 7.70. The highest BCUT2D eigenvalue weighted by molar-refractivity contribution is 7.26. The molecule has 0 amide bonds. The zero-order valence-corrected chi connectivity index (χ0v) is 33.4. The van der Waals surface area contributed by atoms with Crippen LogP contribution in [-0.2, 0) is 0 Å². The lowest BCUT2D eigenvalue weighted by Crippen LogP contribution is -2.75. The minimum atomic E-state index is -3.08. The Morgan fingerprint density at radius 3 is 1.50 bits per heavy atom. The predicted octanol–water partition coefficient (Wildman–Crippen LogP) is 11.6. The second kappa shape index (κ2) is 13.0.